The molecule has 0 aliphatic carbocycles. The second kappa shape index (κ2) is 4.28. The topological polar surface area (TPSA) is 49.1 Å². The number of aromatic nitrogens is 1. The monoisotopic (exact) mass is 203 g/mol. The number of hydrogen-bond acceptors (Lipinski definition) is 4. The lowest BCUT2D eigenvalue weighted by Crippen LogP contribution is -2.21. The van der Waals surface area contributed by atoms with E-state index in [1.165, 1.54) is 6.20 Å². The van der Waals surface area contributed by atoms with Crippen LogP contribution in [0.4, 0.5) is 0 Å². The Morgan fingerprint density at radius 3 is 3.00 bits per heavy atom. The van der Waals surface area contributed by atoms with Gasteiger partial charge in [-0.3, -0.25) is 0 Å². The minimum atomic E-state index is 0.232. The molecule has 1 aliphatic heterocycles. The first-order valence-corrected chi connectivity index (χ1v) is 4.99. The molecule has 0 N–H and O–H groups in total. The average molecular weight is 203 g/mol. The molecular weight excluding hydrogens is 190 g/mol. The van der Waals surface area contributed by atoms with E-state index in [9.17, 15) is 0 Å². The maximum atomic E-state index is 8.61. The molecule has 1 aliphatic rings. The second-order valence-corrected chi connectivity index (χ2v) is 3.79. The van der Waals surface area contributed by atoms with Gasteiger partial charge in [0.2, 0.25) is 5.88 Å². The van der Waals surface area contributed by atoms with Crippen molar-refractivity contribution in [3.8, 4) is 11.9 Å². The number of nitriles is 1. The summed E-state index contributed by atoms with van der Waals surface area (Å²) in [6, 6.07) is 5.50. The molecule has 1 fully saturated rings. The van der Waals surface area contributed by atoms with E-state index in [1.54, 1.807) is 12.1 Å². The van der Waals surface area contributed by atoms with Crippen LogP contribution < -0.4 is 4.74 Å². The average Bonchev–Trinajstić information content (AvgIpc) is 2.65. The molecule has 1 saturated heterocycles. The highest BCUT2D eigenvalue weighted by Gasteiger charge is 2.21. The van der Waals surface area contributed by atoms with Gasteiger partial charge in [0.1, 0.15) is 12.2 Å². The van der Waals surface area contributed by atoms with E-state index in [1.807, 2.05) is 6.07 Å². The quantitative estimate of drug-likeness (QED) is 0.720. The van der Waals surface area contributed by atoms with Crippen molar-refractivity contribution >= 4 is 0 Å². The molecule has 78 valence electrons. The zero-order valence-electron chi connectivity index (χ0n) is 8.68. The minimum absolute atomic E-state index is 0.232. The van der Waals surface area contributed by atoms with Gasteiger partial charge in [0, 0.05) is 25.4 Å². The van der Waals surface area contributed by atoms with Gasteiger partial charge in [-0.1, -0.05) is 0 Å². The van der Waals surface area contributed by atoms with Crippen molar-refractivity contribution in [1.82, 2.24) is 9.88 Å². The molecule has 2 rings (SSSR count). The number of likely N-dealkylation sites (tertiary alicyclic amines) is 1. The van der Waals surface area contributed by atoms with Crippen molar-refractivity contribution in [3.05, 3.63) is 23.9 Å². The Kier molecular flexibility index (Phi) is 2.84. The van der Waals surface area contributed by atoms with Crippen LogP contribution in [0.3, 0.4) is 0 Å². The summed E-state index contributed by atoms with van der Waals surface area (Å²) in [5.74, 6) is 0.606. The smallest absolute Gasteiger partial charge is 0.213 e. The standard InChI is InChI=1S/C11H13N3O/c1-14-5-4-10(8-14)15-11-3-2-9(6-12)7-13-11/h2-3,7,10H,4-5,8H2,1H3. The van der Waals surface area contributed by atoms with Crippen LogP contribution in [0.1, 0.15) is 12.0 Å². The van der Waals surface area contributed by atoms with Gasteiger partial charge in [-0.25, -0.2) is 4.98 Å². The van der Waals surface area contributed by atoms with Gasteiger partial charge in [-0.05, 0) is 19.5 Å². The number of likely N-dealkylation sites (N-methyl/N-ethyl adjacent to an activating group) is 1. The van der Waals surface area contributed by atoms with Crippen LogP contribution in [0.5, 0.6) is 5.88 Å². The van der Waals surface area contributed by atoms with Crippen molar-refractivity contribution < 1.29 is 4.74 Å². The van der Waals surface area contributed by atoms with Gasteiger partial charge >= 0.3 is 0 Å². The number of ether oxygens (including phenoxy) is 1. The molecule has 1 aromatic rings. The summed E-state index contributed by atoms with van der Waals surface area (Å²) >= 11 is 0. The lowest BCUT2D eigenvalue weighted by atomic mass is 10.3. The molecule has 1 atom stereocenters. The molecule has 2 heterocycles. The summed E-state index contributed by atoms with van der Waals surface area (Å²) in [5.41, 5.74) is 0.561. The molecule has 0 aromatic carbocycles. The SMILES string of the molecule is CN1CCC(Oc2ccc(C#N)cn2)C1. The molecule has 4 nitrogen and oxygen atoms in total. The van der Waals surface area contributed by atoms with E-state index in [-0.39, 0.29) is 6.10 Å². The summed E-state index contributed by atoms with van der Waals surface area (Å²) in [4.78, 5) is 6.31. The summed E-state index contributed by atoms with van der Waals surface area (Å²) in [6.45, 7) is 2.02. The first-order chi connectivity index (χ1) is 7.28. The Bertz CT molecular complexity index is 368. The number of hydrogen-bond donors (Lipinski definition) is 0. The third kappa shape index (κ3) is 2.45. The van der Waals surface area contributed by atoms with E-state index in [4.69, 9.17) is 10.00 Å². The zero-order chi connectivity index (χ0) is 10.7. The lowest BCUT2D eigenvalue weighted by molar-refractivity contribution is 0.200. The zero-order valence-corrected chi connectivity index (χ0v) is 8.68. The molecule has 15 heavy (non-hydrogen) atoms. The van der Waals surface area contributed by atoms with Gasteiger partial charge in [-0.15, -0.1) is 0 Å². The molecule has 1 aromatic heterocycles. The molecule has 0 radical (unpaired) electrons. The first-order valence-electron chi connectivity index (χ1n) is 4.99. The predicted molar refractivity (Wildman–Crippen MR) is 55.5 cm³/mol. The lowest BCUT2D eigenvalue weighted by Gasteiger charge is -2.12. The molecule has 4 heteroatoms. The van der Waals surface area contributed by atoms with E-state index in [0.717, 1.165) is 19.5 Å². The minimum Gasteiger partial charge on any atom is -0.473 e. The maximum Gasteiger partial charge on any atom is 0.213 e. The second-order valence-electron chi connectivity index (χ2n) is 3.79. The highest BCUT2D eigenvalue weighted by atomic mass is 16.5. The normalized spacial score (nSPS) is 21.2. The van der Waals surface area contributed by atoms with Crippen LogP contribution in [0.15, 0.2) is 18.3 Å². The van der Waals surface area contributed by atoms with Gasteiger partial charge in [-0.2, -0.15) is 5.26 Å². The van der Waals surface area contributed by atoms with Gasteiger partial charge in [0.05, 0.1) is 5.56 Å². The number of pyridine rings is 1. The first kappa shape index (κ1) is 9.94. The van der Waals surface area contributed by atoms with Crippen LogP contribution in [0, 0.1) is 11.3 Å². The largest absolute Gasteiger partial charge is 0.473 e. The van der Waals surface area contributed by atoms with Crippen molar-refractivity contribution in [3.63, 3.8) is 0 Å². The van der Waals surface area contributed by atoms with E-state index < -0.39 is 0 Å². The fourth-order valence-corrected chi connectivity index (χ4v) is 1.68. The summed E-state index contributed by atoms with van der Waals surface area (Å²) in [7, 11) is 2.08. The fourth-order valence-electron chi connectivity index (χ4n) is 1.68. The third-order valence-corrected chi connectivity index (χ3v) is 2.50. The van der Waals surface area contributed by atoms with Crippen molar-refractivity contribution in [2.45, 2.75) is 12.5 Å². The highest BCUT2D eigenvalue weighted by Crippen LogP contribution is 2.15. The molecule has 0 saturated carbocycles. The summed E-state index contributed by atoms with van der Waals surface area (Å²) in [5, 5.41) is 8.61. The van der Waals surface area contributed by atoms with E-state index >= 15 is 0 Å². The molecule has 0 spiro atoms. The Morgan fingerprint density at radius 2 is 2.47 bits per heavy atom. The van der Waals surface area contributed by atoms with Crippen molar-refractivity contribution in [1.29, 1.82) is 5.26 Å². The Labute approximate surface area is 89.1 Å². The summed E-state index contributed by atoms with van der Waals surface area (Å²) < 4.78 is 5.68. The van der Waals surface area contributed by atoms with Crippen LogP contribution in [0.2, 0.25) is 0 Å². The van der Waals surface area contributed by atoms with Crippen LogP contribution in [0.25, 0.3) is 0 Å². The van der Waals surface area contributed by atoms with Crippen molar-refractivity contribution in [2.24, 2.45) is 0 Å². The van der Waals surface area contributed by atoms with Gasteiger partial charge < -0.3 is 9.64 Å². The van der Waals surface area contributed by atoms with Crippen LogP contribution >= 0.6 is 0 Å². The molecule has 1 unspecified atom stereocenters. The highest BCUT2D eigenvalue weighted by molar-refractivity contribution is 5.28. The van der Waals surface area contributed by atoms with E-state index in [0.29, 0.717) is 11.4 Å². The van der Waals surface area contributed by atoms with Crippen LogP contribution in [-0.4, -0.2) is 36.1 Å². The Hall–Kier alpha value is -1.60. The number of nitrogens with zero attached hydrogens (tertiary/aromatic N) is 3. The summed E-state index contributed by atoms with van der Waals surface area (Å²) in [6.07, 6.45) is 2.81. The van der Waals surface area contributed by atoms with Crippen LogP contribution in [-0.2, 0) is 0 Å². The van der Waals surface area contributed by atoms with E-state index in [2.05, 4.69) is 16.9 Å². The fraction of sp³-hybridized carbons (Fsp3) is 0.455. The predicted octanol–water partition coefficient (Wildman–Crippen LogP) is 1.04. The van der Waals surface area contributed by atoms with Gasteiger partial charge in [0.15, 0.2) is 0 Å². The van der Waals surface area contributed by atoms with Crippen molar-refractivity contribution in [2.75, 3.05) is 20.1 Å². The Balaban J connectivity index is 1.96. The molecular formula is C11H13N3O. The molecule has 0 amide bonds. The Morgan fingerprint density at radius 1 is 1.60 bits per heavy atom. The number of rotatable bonds is 2. The van der Waals surface area contributed by atoms with Gasteiger partial charge in [0.25, 0.3) is 0 Å². The maximum absolute atomic E-state index is 8.61. The third-order valence-electron chi connectivity index (χ3n) is 2.50. The molecule has 0 bridgehead atoms.